The molecular weight excluding hydrogens is 280 g/mol. The standard InChI is InChI=1S/C17H20N2O3/c1-3-14(22-16-9-5-4-8-15(16)21-2)17(20)19-12-13-7-6-10-18-11-13/h4-11,14H,3,12H2,1-2H3,(H,19,20)/t14-/m0/s1. The SMILES string of the molecule is CC[C@H](Oc1ccccc1OC)C(=O)NCc1cccnc1. The Kier molecular flexibility index (Phi) is 5.77. The lowest BCUT2D eigenvalue weighted by Gasteiger charge is -2.18. The molecule has 0 fully saturated rings. The topological polar surface area (TPSA) is 60.5 Å². The molecule has 0 radical (unpaired) electrons. The number of pyridine rings is 1. The quantitative estimate of drug-likeness (QED) is 0.853. The highest BCUT2D eigenvalue weighted by molar-refractivity contribution is 5.81. The van der Waals surface area contributed by atoms with Crippen molar-refractivity contribution in [2.45, 2.75) is 26.0 Å². The zero-order valence-electron chi connectivity index (χ0n) is 12.8. The van der Waals surface area contributed by atoms with Crippen LogP contribution in [-0.2, 0) is 11.3 Å². The molecule has 1 N–H and O–H groups in total. The Morgan fingerprint density at radius 1 is 1.23 bits per heavy atom. The molecule has 1 aromatic heterocycles. The number of ether oxygens (including phenoxy) is 2. The second-order valence-electron chi connectivity index (χ2n) is 4.74. The van der Waals surface area contributed by atoms with E-state index in [2.05, 4.69) is 10.3 Å². The monoisotopic (exact) mass is 300 g/mol. The van der Waals surface area contributed by atoms with E-state index in [1.807, 2.05) is 31.2 Å². The van der Waals surface area contributed by atoms with Crippen LogP contribution in [0.15, 0.2) is 48.8 Å². The fourth-order valence-electron chi connectivity index (χ4n) is 2.00. The molecule has 0 aliphatic heterocycles. The first-order chi connectivity index (χ1) is 10.7. The van der Waals surface area contributed by atoms with Crippen LogP contribution < -0.4 is 14.8 Å². The Labute approximate surface area is 130 Å². The lowest BCUT2D eigenvalue weighted by atomic mass is 10.2. The van der Waals surface area contributed by atoms with Crippen molar-refractivity contribution in [2.24, 2.45) is 0 Å². The summed E-state index contributed by atoms with van der Waals surface area (Å²) < 4.78 is 11.0. The zero-order chi connectivity index (χ0) is 15.8. The van der Waals surface area contributed by atoms with E-state index >= 15 is 0 Å². The first-order valence-corrected chi connectivity index (χ1v) is 7.21. The van der Waals surface area contributed by atoms with Crippen molar-refractivity contribution in [1.82, 2.24) is 10.3 Å². The van der Waals surface area contributed by atoms with Gasteiger partial charge in [0.2, 0.25) is 0 Å². The molecule has 1 amide bonds. The van der Waals surface area contributed by atoms with Crippen LogP contribution in [0.4, 0.5) is 0 Å². The van der Waals surface area contributed by atoms with Gasteiger partial charge in [0, 0.05) is 18.9 Å². The van der Waals surface area contributed by atoms with Gasteiger partial charge in [-0.15, -0.1) is 0 Å². The molecule has 0 aliphatic rings. The molecule has 22 heavy (non-hydrogen) atoms. The Balaban J connectivity index is 1.97. The normalized spacial score (nSPS) is 11.5. The van der Waals surface area contributed by atoms with E-state index in [0.29, 0.717) is 24.5 Å². The van der Waals surface area contributed by atoms with Crippen molar-refractivity contribution < 1.29 is 14.3 Å². The second-order valence-corrected chi connectivity index (χ2v) is 4.74. The minimum atomic E-state index is -0.562. The number of hydrogen-bond donors (Lipinski definition) is 1. The molecule has 116 valence electrons. The molecular formula is C17H20N2O3. The highest BCUT2D eigenvalue weighted by Gasteiger charge is 2.19. The lowest BCUT2D eigenvalue weighted by molar-refractivity contribution is -0.128. The molecule has 0 saturated carbocycles. The van der Waals surface area contributed by atoms with Gasteiger partial charge in [-0.1, -0.05) is 25.1 Å². The summed E-state index contributed by atoms with van der Waals surface area (Å²) in [7, 11) is 1.58. The van der Waals surface area contributed by atoms with E-state index in [-0.39, 0.29) is 5.91 Å². The largest absolute Gasteiger partial charge is 0.493 e. The molecule has 0 spiro atoms. The summed E-state index contributed by atoms with van der Waals surface area (Å²) in [6.45, 7) is 2.34. The number of rotatable bonds is 7. The predicted molar refractivity (Wildman–Crippen MR) is 83.8 cm³/mol. The summed E-state index contributed by atoms with van der Waals surface area (Å²) in [5.74, 6) is 1.02. The summed E-state index contributed by atoms with van der Waals surface area (Å²) >= 11 is 0. The third-order valence-corrected chi connectivity index (χ3v) is 3.19. The molecule has 1 atom stereocenters. The van der Waals surface area contributed by atoms with Gasteiger partial charge in [-0.3, -0.25) is 9.78 Å². The summed E-state index contributed by atoms with van der Waals surface area (Å²) in [5, 5.41) is 2.86. The average molecular weight is 300 g/mol. The van der Waals surface area contributed by atoms with Gasteiger partial charge >= 0.3 is 0 Å². The number of nitrogens with one attached hydrogen (secondary N) is 1. The fourth-order valence-corrected chi connectivity index (χ4v) is 2.00. The van der Waals surface area contributed by atoms with Crippen LogP contribution in [0.5, 0.6) is 11.5 Å². The molecule has 5 nitrogen and oxygen atoms in total. The van der Waals surface area contributed by atoms with Gasteiger partial charge in [0.25, 0.3) is 5.91 Å². The minimum absolute atomic E-state index is 0.155. The summed E-state index contributed by atoms with van der Waals surface area (Å²) in [6.07, 6.45) is 3.43. The summed E-state index contributed by atoms with van der Waals surface area (Å²) in [4.78, 5) is 16.3. The van der Waals surface area contributed by atoms with Crippen LogP contribution in [0.1, 0.15) is 18.9 Å². The van der Waals surface area contributed by atoms with Crippen LogP contribution in [-0.4, -0.2) is 24.1 Å². The van der Waals surface area contributed by atoms with Crippen molar-refractivity contribution in [3.63, 3.8) is 0 Å². The number of benzene rings is 1. The van der Waals surface area contributed by atoms with Gasteiger partial charge in [0.1, 0.15) is 0 Å². The number of amides is 1. The molecule has 0 aliphatic carbocycles. The molecule has 0 bridgehead atoms. The van der Waals surface area contributed by atoms with Crippen LogP contribution in [0.25, 0.3) is 0 Å². The van der Waals surface area contributed by atoms with Crippen LogP contribution in [0.2, 0.25) is 0 Å². The minimum Gasteiger partial charge on any atom is -0.493 e. The molecule has 2 aromatic rings. The van der Waals surface area contributed by atoms with Crippen molar-refractivity contribution in [3.8, 4) is 11.5 Å². The predicted octanol–water partition coefficient (Wildman–Crippen LogP) is 2.56. The van der Waals surface area contributed by atoms with Crippen molar-refractivity contribution in [1.29, 1.82) is 0 Å². The first-order valence-electron chi connectivity index (χ1n) is 7.21. The molecule has 5 heteroatoms. The highest BCUT2D eigenvalue weighted by Crippen LogP contribution is 2.27. The first kappa shape index (κ1) is 15.8. The van der Waals surface area contributed by atoms with E-state index < -0.39 is 6.10 Å². The molecule has 0 saturated heterocycles. The average Bonchev–Trinajstić information content (AvgIpc) is 2.58. The van der Waals surface area contributed by atoms with Crippen LogP contribution in [0.3, 0.4) is 0 Å². The maximum absolute atomic E-state index is 12.3. The van der Waals surface area contributed by atoms with Crippen LogP contribution in [0, 0.1) is 0 Å². The smallest absolute Gasteiger partial charge is 0.261 e. The molecule has 0 unspecified atom stereocenters. The Morgan fingerprint density at radius 3 is 2.64 bits per heavy atom. The molecule has 1 heterocycles. The van der Waals surface area contributed by atoms with Gasteiger partial charge in [-0.25, -0.2) is 0 Å². The number of para-hydroxylation sites is 2. The van der Waals surface area contributed by atoms with E-state index in [9.17, 15) is 4.79 Å². The van der Waals surface area contributed by atoms with Gasteiger partial charge in [0.05, 0.1) is 7.11 Å². The van der Waals surface area contributed by atoms with Gasteiger partial charge in [0.15, 0.2) is 17.6 Å². The maximum atomic E-state index is 12.3. The number of aromatic nitrogens is 1. The lowest BCUT2D eigenvalue weighted by Crippen LogP contribution is -2.37. The Hall–Kier alpha value is -2.56. The summed E-state index contributed by atoms with van der Waals surface area (Å²) in [5.41, 5.74) is 0.947. The Bertz CT molecular complexity index is 602. The van der Waals surface area contributed by atoms with E-state index in [0.717, 1.165) is 5.56 Å². The fraction of sp³-hybridized carbons (Fsp3) is 0.294. The second kappa shape index (κ2) is 8.02. The third kappa shape index (κ3) is 4.22. The Morgan fingerprint density at radius 2 is 2.00 bits per heavy atom. The number of methoxy groups -OCH3 is 1. The van der Waals surface area contributed by atoms with E-state index in [1.54, 1.807) is 31.6 Å². The third-order valence-electron chi connectivity index (χ3n) is 3.19. The van der Waals surface area contributed by atoms with Crippen LogP contribution >= 0.6 is 0 Å². The number of nitrogens with zero attached hydrogens (tertiary/aromatic N) is 1. The van der Waals surface area contributed by atoms with E-state index in [4.69, 9.17) is 9.47 Å². The number of carbonyl (C=O) groups is 1. The number of hydrogen-bond acceptors (Lipinski definition) is 4. The van der Waals surface area contributed by atoms with Gasteiger partial charge < -0.3 is 14.8 Å². The van der Waals surface area contributed by atoms with Crippen molar-refractivity contribution in [2.75, 3.05) is 7.11 Å². The number of carbonyl (C=O) groups excluding carboxylic acids is 1. The zero-order valence-corrected chi connectivity index (χ0v) is 12.8. The van der Waals surface area contributed by atoms with Gasteiger partial charge in [-0.2, -0.15) is 0 Å². The molecule has 2 rings (SSSR count). The van der Waals surface area contributed by atoms with Crippen molar-refractivity contribution >= 4 is 5.91 Å². The molecule has 1 aromatic carbocycles. The highest BCUT2D eigenvalue weighted by atomic mass is 16.5. The van der Waals surface area contributed by atoms with Gasteiger partial charge in [-0.05, 0) is 30.2 Å². The van der Waals surface area contributed by atoms with Crippen molar-refractivity contribution in [3.05, 3.63) is 54.4 Å². The summed E-state index contributed by atoms with van der Waals surface area (Å²) in [6, 6.07) is 11.0. The maximum Gasteiger partial charge on any atom is 0.261 e. The van der Waals surface area contributed by atoms with E-state index in [1.165, 1.54) is 0 Å².